The van der Waals surface area contributed by atoms with Crippen molar-refractivity contribution in [1.82, 2.24) is 4.90 Å². The van der Waals surface area contributed by atoms with E-state index in [1.165, 1.54) is 0 Å². The van der Waals surface area contributed by atoms with E-state index in [0.29, 0.717) is 32.7 Å². The largest absolute Gasteiger partial charge is 0.396 e. The Morgan fingerprint density at radius 1 is 1.71 bits per heavy atom. The van der Waals surface area contributed by atoms with Gasteiger partial charge in [-0.25, -0.2) is 0 Å². The van der Waals surface area contributed by atoms with Crippen LogP contribution in [-0.4, -0.2) is 62.0 Å². The summed E-state index contributed by atoms with van der Waals surface area (Å²) >= 11 is 0. The summed E-state index contributed by atoms with van der Waals surface area (Å²) in [5, 5.41) is 8.72. The number of hydrogen-bond donors (Lipinski definition) is 1. The van der Waals surface area contributed by atoms with Crippen LogP contribution in [0, 0.1) is 0 Å². The van der Waals surface area contributed by atoms with Gasteiger partial charge in [0.25, 0.3) is 5.91 Å². The Morgan fingerprint density at radius 2 is 2.50 bits per heavy atom. The van der Waals surface area contributed by atoms with Crippen LogP contribution in [0.4, 0.5) is 0 Å². The van der Waals surface area contributed by atoms with Crippen LogP contribution < -0.4 is 0 Å². The molecule has 0 bridgehead atoms. The van der Waals surface area contributed by atoms with Crippen LogP contribution in [0.1, 0.15) is 6.42 Å². The number of nitrogens with zero attached hydrogens (tertiary/aromatic N) is 1. The van der Waals surface area contributed by atoms with Gasteiger partial charge in [0.05, 0.1) is 13.2 Å². The van der Waals surface area contributed by atoms with E-state index in [0.717, 1.165) is 0 Å². The summed E-state index contributed by atoms with van der Waals surface area (Å²) in [5.74, 6) is -0.0395. The zero-order valence-corrected chi connectivity index (χ0v) is 8.44. The lowest BCUT2D eigenvalue weighted by molar-refractivity contribution is -0.154. The lowest BCUT2D eigenvalue weighted by Gasteiger charge is -2.31. The predicted octanol–water partition coefficient (Wildman–Crippen LogP) is -0.757. The van der Waals surface area contributed by atoms with Crippen molar-refractivity contribution >= 4 is 5.91 Å². The Hall–Kier alpha value is -0.650. The number of carbonyl (C=O) groups excluding carboxylic acids is 1. The maximum atomic E-state index is 11.7. The number of carbonyl (C=O) groups is 1. The fourth-order valence-electron chi connectivity index (χ4n) is 1.44. The molecule has 1 unspecified atom stereocenters. The minimum atomic E-state index is -0.467. The number of amides is 1. The first-order chi connectivity index (χ1) is 6.79. The Labute approximate surface area is 83.6 Å². The number of methoxy groups -OCH3 is 1. The molecule has 1 rings (SSSR count). The molecule has 0 aromatic heterocycles. The van der Waals surface area contributed by atoms with Gasteiger partial charge in [-0.3, -0.25) is 4.79 Å². The van der Waals surface area contributed by atoms with Crippen molar-refractivity contribution in [3.8, 4) is 0 Å². The second-order valence-corrected chi connectivity index (χ2v) is 3.19. The smallest absolute Gasteiger partial charge is 0.251 e. The monoisotopic (exact) mass is 203 g/mol. The summed E-state index contributed by atoms with van der Waals surface area (Å²) in [6.07, 6.45) is -0.0897. The third kappa shape index (κ3) is 2.94. The average molecular weight is 203 g/mol. The van der Waals surface area contributed by atoms with Crippen molar-refractivity contribution < 1.29 is 19.4 Å². The van der Waals surface area contributed by atoms with Crippen LogP contribution in [0.3, 0.4) is 0 Å². The molecule has 5 heteroatoms. The van der Waals surface area contributed by atoms with Gasteiger partial charge in [0.1, 0.15) is 6.10 Å². The zero-order chi connectivity index (χ0) is 10.4. The zero-order valence-electron chi connectivity index (χ0n) is 8.44. The summed E-state index contributed by atoms with van der Waals surface area (Å²) in [4.78, 5) is 13.4. The second-order valence-electron chi connectivity index (χ2n) is 3.19. The molecule has 14 heavy (non-hydrogen) atoms. The van der Waals surface area contributed by atoms with E-state index in [9.17, 15) is 4.79 Å². The molecule has 0 saturated carbocycles. The molecule has 1 N–H and O–H groups in total. The number of ether oxygens (including phenoxy) is 2. The molecule has 0 aromatic rings. The standard InChI is InChI=1S/C9H17NO4/c1-13-6-3-10-4-7-14-8(2-5-11)9(10)12/h8,11H,2-7H2,1H3. The number of hydrogen-bond acceptors (Lipinski definition) is 4. The molecule has 1 fully saturated rings. The van der Waals surface area contributed by atoms with Crippen molar-refractivity contribution in [2.75, 3.05) is 40.0 Å². The lowest BCUT2D eigenvalue weighted by atomic mass is 10.2. The van der Waals surface area contributed by atoms with E-state index in [2.05, 4.69) is 0 Å². The van der Waals surface area contributed by atoms with Crippen LogP contribution in [0.2, 0.25) is 0 Å². The van der Waals surface area contributed by atoms with E-state index in [1.807, 2.05) is 0 Å². The summed E-state index contributed by atoms with van der Waals surface area (Å²) in [6, 6.07) is 0. The molecule has 1 saturated heterocycles. The number of rotatable bonds is 5. The molecule has 0 aromatic carbocycles. The van der Waals surface area contributed by atoms with Crippen LogP contribution in [-0.2, 0) is 14.3 Å². The highest BCUT2D eigenvalue weighted by Gasteiger charge is 2.28. The predicted molar refractivity (Wildman–Crippen MR) is 49.9 cm³/mol. The van der Waals surface area contributed by atoms with Crippen LogP contribution in [0.25, 0.3) is 0 Å². The Morgan fingerprint density at radius 3 is 3.14 bits per heavy atom. The van der Waals surface area contributed by atoms with Gasteiger partial charge < -0.3 is 19.5 Å². The van der Waals surface area contributed by atoms with Gasteiger partial charge >= 0.3 is 0 Å². The molecule has 0 spiro atoms. The van der Waals surface area contributed by atoms with Gasteiger partial charge in [-0.2, -0.15) is 0 Å². The SMILES string of the molecule is COCCN1CCOC(CCO)C1=O. The topological polar surface area (TPSA) is 59.0 Å². The first-order valence-corrected chi connectivity index (χ1v) is 4.79. The maximum Gasteiger partial charge on any atom is 0.251 e. The van der Waals surface area contributed by atoms with Crippen molar-refractivity contribution in [2.24, 2.45) is 0 Å². The lowest BCUT2D eigenvalue weighted by Crippen LogP contribution is -2.49. The summed E-state index contributed by atoms with van der Waals surface area (Å²) in [7, 11) is 1.61. The second kappa shape index (κ2) is 5.95. The van der Waals surface area contributed by atoms with Crippen LogP contribution >= 0.6 is 0 Å². The van der Waals surface area contributed by atoms with E-state index in [4.69, 9.17) is 14.6 Å². The molecule has 1 aliphatic heterocycles. The quantitative estimate of drug-likeness (QED) is 0.638. The molecular weight excluding hydrogens is 186 g/mol. The van der Waals surface area contributed by atoms with Gasteiger partial charge in [0.15, 0.2) is 0 Å². The summed E-state index contributed by atoms with van der Waals surface area (Å²) in [5.41, 5.74) is 0. The highest BCUT2D eigenvalue weighted by molar-refractivity contribution is 5.81. The minimum absolute atomic E-state index is 0.0193. The minimum Gasteiger partial charge on any atom is -0.396 e. The normalized spacial score (nSPS) is 22.9. The highest BCUT2D eigenvalue weighted by atomic mass is 16.5. The number of aliphatic hydroxyl groups is 1. The van der Waals surface area contributed by atoms with Gasteiger partial charge in [-0.05, 0) is 0 Å². The molecule has 5 nitrogen and oxygen atoms in total. The maximum absolute atomic E-state index is 11.7. The van der Waals surface area contributed by atoms with Gasteiger partial charge in [-0.15, -0.1) is 0 Å². The highest BCUT2D eigenvalue weighted by Crippen LogP contribution is 2.09. The molecule has 1 amide bonds. The molecule has 82 valence electrons. The molecule has 1 atom stereocenters. The Bertz CT molecular complexity index is 184. The van der Waals surface area contributed by atoms with Crippen molar-refractivity contribution in [3.63, 3.8) is 0 Å². The fraction of sp³-hybridized carbons (Fsp3) is 0.889. The van der Waals surface area contributed by atoms with Crippen molar-refractivity contribution in [1.29, 1.82) is 0 Å². The summed E-state index contributed by atoms with van der Waals surface area (Å²) in [6.45, 7) is 2.27. The first kappa shape index (κ1) is 11.4. The van der Waals surface area contributed by atoms with Gasteiger partial charge in [0, 0.05) is 33.2 Å². The van der Waals surface area contributed by atoms with E-state index >= 15 is 0 Å². The number of morpholine rings is 1. The molecule has 1 heterocycles. The van der Waals surface area contributed by atoms with E-state index < -0.39 is 6.10 Å². The molecule has 1 aliphatic rings. The van der Waals surface area contributed by atoms with Crippen LogP contribution in [0.5, 0.6) is 0 Å². The van der Waals surface area contributed by atoms with E-state index in [1.54, 1.807) is 12.0 Å². The van der Waals surface area contributed by atoms with Crippen LogP contribution in [0.15, 0.2) is 0 Å². The molecular formula is C9H17NO4. The Kier molecular flexibility index (Phi) is 4.86. The number of aliphatic hydroxyl groups excluding tert-OH is 1. The summed E-state index contributed by atoms with van der Waals surface area (Å²) < 4.78 is 10.2. The average Bonchev–Trinajstić information content (AvgIpc) is 2.20. The van der Waals surface area contributed by atoms with Gasteiger partial charge in [0.2, 0.25) is 0 Å². The van der Waals surface area contributed by atoms with Crippen molar-refractivity contribution in [3.05, 3.63) is 0 Å². The third-order valence-electron chi connectivity index (χ3n) is 2.22. The molecule has 0 radical (unpaired) electrons. The fourth-order valence-corrected chi connectivity index (χ4v) is 1.44. The molecule has 0 aliphatic carbocycles. The van der Waals surface area contributed by atoms with Crippen molar-refractivity contribution in [2.45, 2.75) is 12.5 Å². The third-order valence-corrected chi connectivity index (χ3v) is 2.22. The van der Waals surface area contributed by atoms with E-state index in [-0.39, 0.29) is 12.5 Å². The first-order valence-electron chi connectivity index (χ1n) is 4.79. The Balaban J connectivity index is 2.40. The van der Waals surface area contributed by atoms with Gasteiger partial charge in [-0.1, -0.05) is 0 Å².